The van der Waals surface area contributed by atoms with E-state index in [1.54, 1.807) is 0 Å². The fourth-order valence-electron chi connectivity index (χ4n) is 2.60. The SMILES string of the molecule is CCC(NC1C(=O)Nc2c(C)cccc21)C(C)C. The average Bonchev–Trinajstić information content (AvgIpc) is 2.64. The van der Waals surface area contributed by atoms with Gasteiger partial charge >= 0.3 is 0 Å². The van der Waals surface area contributed by atoms with Gasteiger partial charge in [0.1, 0.15) is 6.04 Å². The maximum absolute atomic E-state index is 12.1. The second-order valence-electron chi connectivity index (χ2n) is 5.39. The van der Waals surface area contributed by atoms with Crippen LogP contribution in [-0.4, -0.2) is 11.9 Å². The zero-order chi connectivity index (χ0) is 13.3. The second-order valence-corrected chi connectivity index (χ2v) is 5.39. The molecular formula is C15H22N2O. The van der Waals surface area contributed by atoms with E-state index in [0.29, 0.717) is 12.0 Å². The summed E-state index contributed by atoms with van der Waals surface area (Å²) in [6, 6.07) is 6.24. The Balaban J connectivity index is 2.26. The molecule has 18 heavy (non-hydrogen) atoms. The minimum Gasteiger partial charge on any atom is -0.324 e. The number of hydrogen-bond donors (Lipinski definition) is 2. The van der Waals surface area contributed by atoms with Crippen molar-refractivity contribution in [1.82, 2.24) is 5.32 Å². The first kappa shape index (κ1) is 13.1. The van der Waals surface area contributed by atoms with Crippen molar-refractivity contribution >= 4 is 11.6 Å². The summed E-state index contributed by atoms with van der Waals surface area (Å²) in [5.74, 6) is 0.593. The van der Waals surface area contributed by atoms with Crippen LogP contribution in [0.25, 0.3) is 0 Å². The van der Waals surface area contributed by atoms with Gasteiger partial charge in [0.2, 0.25) is 5.91 Å². The predicted molar refractivity (Wildman–Crippen MR) is 74.6 cm³/mol. The third-order valence-corrected chi connectivity index (χ3v) is 3.75. The molecule has 2 N–H and O–H groups in total. The molecule has 1 heterocycles. The van der Waals surface area contributed by atoms with Crippen molar-refractivity contribution in [3.8, 4) is 0 Å². The van der Waals surface area contributed by atoms with Gasteiger partial charge in [-0.3, -0.25) is 10.1 Å². The lowest BCUT2D eigenvalue weighted by Gasteiger charge is -2.24. The molecular weight excluding hydrogens is 224 g/mol. The van der Waals surface area contributed by atoms with Gasteiger partial charge in [-0.25, -0.2) is 0 Å². The molecule has 0 aromatic heterocycles. The van der Waals surface area contributed by atoms with Gasteiger partial charge < -0.3 is 5.32 Å². The van der Waals surface area contributed by atoms with Crippen LogP contribution in [0, 0.1) is 12.8 Å². The summed E-state index contributed by atoms with van der Waals surface area (Å²) >= 11 is 0. The Bertz CT molecular complexity index is 454. The molecule has 0 bridgehead atoms. The highest BCUT2D eigenvalue weighted by Crippen LogP contribution is 2.34. The number of anilines is 1. The number of carbonyl (C=O) groups excluding carboxylic acids is 1. The van der Waals surface area contributed by atoms with Gasteiger partial charge in [-0.2, -0.15) is 0 Å². The number of nitrogens with one attached hydrogen (secondary N) is 2. The van der Waals surface area contributed by atoms with Crippen molar-refractivity contribution in [1.29, 1.82) is 0 Å². The summed E-state index contributed by atoms with van der Waals surface area (Å²) in [7, 11) is 0. The largest absolute Gasteiger partial charge is 0.324 e. The minimum absolute atomic E-state index is 0.0680. The molecule has 1 aliphatic rings. The number of benzene rings is 1. The maximum Gasteiger partial charge on any atom is 0.246 e. The first-order valence-corrected chi connectivity index (χ1v) is 6.71. The zero-order valence-electron chi connectivity index (χ0n) is 11.6. The van der Waals surface area contributed by atoms with E-state index in [1.165, 1.54) is 0 Å². The first-order valence-electron chi connectivity index (χ1n) is 6.71. The fraction of sp³-hybridized carbons (Fsp3) is 0.533. The van der Waals surface area contributed by atoms with Crippen molar-refractivity contribution in [2.45, 2.75) is 46.2 Å². The molecule has 1 aliphatic heterocycles. The number of para-hydroxylation sites is 1. The summed E-state index contributed by atoms with van der Waals surface area (Å²) in [5, 5.41) is 6.47. The molecule has 1 aromatic carbocycles. The topological polar surface area (TPSA) is 41.1 Å². The molecule has 2 unspecified atom stereocenters. The molecule has 0 saturated carbocycles. The van der Waals surface area contributed by atoms with Crippen molar-refractivity contribution in [3.05, 3.63) is 29.3 Å². The lowest BCUT2D eigenvalue weighted by Crippen LogP contribution is -2.39. The van der Waals surface area contributed by atoms with E-state index in [9.17, 15) is 4.79 Å². The quantitative estimate of drug-likeness (QED) is 0.857. The number of amides is 1. The number of rotatable bonds is 4. The van der Waals surface area contributed by atoms with Gasteiger partial charge in [-0.1, -0.05) is 39.0 Å². The number of aryl methyl sites for hydroxylation is 1. The van der Waals surface area contributed by atoms with Crippen LogP contribution in [0.4, 0.5) is 5.69 Å². The molecule has 1 amide bonds. The number of fused-ring (bicyclic) bond motifs is 1. The van der Waals surface area contributed by atoms with E-state index in [2.05, 4.69) is 31.4 Å². The van der Waals surface area contributed by atoms with Crippen LogP contribution in [0.5, 0.6) is 0 Å². The Morgan fingerprint density at radius 3 is 2.72 bits per heavy atom. The highest BCUT2D eigenvalue weighted by Gasteiger charge is 2.32. The van der Waals surface area contributed by atoms with E-state index in [-0.39, 0.29) is 11.9 Å². The molecule has 3 heteroatoms. The van der Waals surface area contributed by atoms with Gasteiger partial charge in [0.25, 0.3) is 0 Å². The molecule has 1 aromatic rings. The molecule has 98 valence electrons. The molecule has 0 radical (unpaired) electrons. The number of carbonyl (C=O) groups is 1. The summed E-state index contributed by atoms with van der Waals surface area (Å²) < 4.78 is 0. The molecule has 0 aliphatic carbocycles. The van der Waals surface area contributed by atoms with E-state index < -0.39 is 0 Å². The van der Waals surface area contributed by atoms with Gasteiger partial charge in [-0.05, 0) is 24.8 Å². The summed E-state index contributed by atoms with van der Waals surface area (Å²) in [5.41, 5.74) is 3.19. The van der Waals surface area contributed by atoms with Crippen molar-refractivity contribution in [2.24, 2.45) is 5.92 Å². The summed E-state index contributed by atoms with van der Waals surface area (Å²) in [6.45, 7) is 8.55. The minimum atomic E-state index is -0.202. The molecule has 0 spiro atoms. The Labute approximate surface area is 109 Å². The highest BCUT2D eigenvalue weighted by molar-refractivity contribution is 6.03. The van der Waals surface area contributed by atoms with Crippen LogP contribution in [0.1, 0.15) is 44.4 Å². The number of hydrogen-bond acceptors (Lipinski definition) is 2. The molecule has 3 nitrogen and oxygen atoms in total. The fourth-order valence-corrected chi connectivity index (χ4v) is 2.60. The maximum atomic E-state index is 12.1. The van der Waals surface area contributed by atoms with Crippen molar-refractivity contribution in [3.63, 3.8) is 0 Å². The van der Waals surface area contributed by atoms with Crippen LogP contribution in [0.3, 0.4) is 0 Å². The highest BCUT2D eigenvalue weighted by atomic mass is 16.2. The van der Waals surface area contributed by atoms with Gasteiger partial charge in [0.15, 0.2) is 0 Å². The molecule has 2 rings (SSSR count). The van der Waals surface area contributed by atoms with Gasteiger partial charge in [0.05, 0.1) is 0 Å². The van der Waals surface area contributed by atoms with Crippen LogP contribution in [0.2, 0.25) is 0 Å². The Hall–Kier alpha value is -1.35. The average molecular weight is 246 g/mol. The van der Waals surface area contributed by atoms with Crippen LogP contribution in [-0.2, 0) is 4.79 Å². The molecule has 2 atom stereocenters. The predicted octanol–water partition coefficient (Wildman–Crippen LogP) is 3.01. The third kappa shape index (κ3) is 2.27. The third-order valence-electron chi connectivity index (χ3n) is 3.75. The molecule has 0 saturated heterocycles. The summed E-state index contributed by atoms with van der Waals surface area (Å²) in [4.78, 5) is 12.1. The van der Waals surface area contributed by atoms with Crippen LogP contribution < -0.4 is 10.6 Å². The smallest absolute Gasteiger partial charge is 0.246 e. The molecule has 0 fully saturated rings. The Morgan fingerprint density at radius 1 is 1.39 bits per heavy atom. The van der Waals surface area contributed by atoms with Crippen molar-refractivity contribution < 1.29 is 4.79 Å². The van der Waals surface area contributed by atoms with E-state index in [4.69, 9.17) is 0 Å². The Kier molecular flexibility index (Phi) is 3.71. The van der Waals surface area contributed by atoms with E-state index in [0.717, 1.165) is 23.2 Å². The summed E-state index contributed by atoms with van der Waals surface area (Å²) in [6.07, 6.45) is 1.03. The second kappa shape index (κ2) is 5.11. The first-order chi connectivity index (χ1) is 8.54. The standard InChI is InChI=1S/C15H22N2O/c1-5-12(9(2)3)16-14-11-8-6-7-10(4)13(11)17-15(14)18/h6-9,12,14,16H,5H2,1-4H3,(H,17,18). The van der Waals surface area contributed by atoms with Crippen LogP contribution >= 0.6 is 0 Å². The van der Waals surface area contributed by atoms with Gasteiger partial charge in [-0.15, -0.1) is 0 Å². The normalized spacial score (nSPS) is 19.8. The van der Waals surface area contributed by atoms with E-state index >= 15 is 0 Å². The van der Waals surface area contributed by atoms with E-state index in [1.807, 2.05) is 25.1 Å². The van der Waals surface area contributed by atoms with Gasteiger partial charge in [0, 0.05) is 17.3 Å². The van der Waals surface area contributed by atoms with Crippen molar-refractivity contribution in [2.75, 3.05) is 5.32 Å². The monoisotopic (exact) mass is 246 g/mol. The lowest BCUT2D eigenvalue weighted by atomic mass is 9.98. The van der Waals surface area contributed by atoms with Crippen LogP contribution in [0.15, 0.2) is 18.2 Å². The lowest BCUT2D eigenvalue weighted by molar-refractivity contribution is -0.118. The zero-order valence-corrected chi connectivity index (χ0v) is 11.6. The Morgan fingerprint density at radius 2 is 2.11 bits per heavy atom.